The number of nitrogens with zero attached hydrogens (tertiary/aromatic N) is 1. The first-order chi connectivity index (χ1) is 8.69. The topological polar surface area (TPSA) is 49.8 Å². The van der Waals surface area contributed by atoms with Crippen molar-refractivity contribution in [1.29, 1.82) is 0 Å². The number of morpholine rings is 1. The standard InChI is InChI=1S/C13H16BrNO3/c14-11-3-1-10(2-4-11)7-15-8-12(5-6-16)18-9-13(15)17/h1-4,12,16H,5-9H2. The molecule has 0 aliphatic carbocycles. The van der Waals surface area contributed by atoms with Crippen LogP contribution in [0.4, 0.5) is 0 Å². The third kappa shape index (κ3) is 3.54. The van der Waals surface area contributed by atoms with Crippen LogP contribution < -0.4 is 0 Å². The highest BCUT2D eigenvalue weighted by Gasteiger charge is 2.25. The Balaban J connectivity index is 1.98. The van der Waals surface area contributed by atoms with Gasteiger partial charge in [0.25, 0.3) is 0 Å². The van der Waals surface area contributed by atoms with E-state index in [0.29, 0.717) is 19.5 Å². The molecule has 1 amide bonds. The van der Waals surface area contributed by atoms with Gasteiger partial charge in [0.1, 0.15) is 6.61 Å². The average Bonchev–Trinajstić information content (AvgIpc) is 2.36. The lowest BCUT2D eigenvalue weighted by Gasteiger charge is -2.32. The van der Waals surface area contributed by atoms with E-state index in [9.17, 15) is 4.79 Å². The van der Waals surface area contributed by atoms with Crippen LogP contribution in [0.1, 0.15) is 12.0 Å². The maximum Gasteiger partial charge on any atom is 0.248 e. The zero-order chi connectivity index (χ0) is 13.0. The normalized spacial score (nSPS) is 20.2. The number of carbonyl (C=O) groups is 1. The SMILES string of the molecule is O=C1COC(CCO)CN1Cc1ccc(Br)cc1. The Hall–Kier alpha value is -0.910. The Bertz CT molecular complexity index is 407. The molecule has 98 valence electrons. The van der Waals surface area contributed by atoms with Gasteiger partial charge in [0.2, 0.25) is 5.91 Å². The molecule has 1 aromatic carbocycles. The molecule has 4 nitrogen and oxygen atoms in total. The maximum absolute atomic E-state index is 11.7. The van der Waals surface area contributed by atoms with Crippen LogP contribution in [-0.2, 0) is 16.1 Å². The van der Waals surface area contributed by atoms with Gasteiger partial charge in [0, 0.05) is 24.2 Å². The first-order valence-electron chi connectivity index (χ1n) is 5.93. The van der Waals surface area contributed by atoms with Crippen molar-refractivity contribution < 1.29 is 14.6 Å². The van der Waals surface area contributed by atoms with Crippen molar-refractivity contribution in [2.45, 2.75) is 19.1 Å². The summed E-state index contributed by atoms with van der Waals surface area (Å²) in [7, 11) is 0. The summed E-state index contributed by atoms with van der Waals surface area (Å²) in [5.74, 6) is 0.00658. The molecule has 1 fully saturated rings. The van der Waals surface area contributed by atoms with E-state index >= 15 is 0 Å². The number of halogens is 1. The van der Waals surface area contributed by atoms with E-state index in [2.05, 4.69) is 15.9 Å². The van der Waals surface area contributed by atoms with Crippen LogP contribution >= 0.6 is 15.9 Å². The molecule has 1 saturated heterocycles. The average molecular weight is 314 g/mol. The zero-order valence-corrected chi connectivity index (χ0v) is 11.6. The predicted octanol–water partition coefficient (Wildman–Crippen LogP) is 1.56. The Kier molecular flexibility index (Phi) is 4.74. The molecule has 0 aromatic heterocycles. The van der Waals surface area contributed by atoms with Crippen LogP contribution in [0, 0.1) is 0 Å². The van der Waals surface area contributed by atoms with E-state index in [1.54, 1.807) is 4.90 Å². The highest BCUT2D eigenvalue weighted by atomic mass is 79.9. The number of amides is 1. The molecule has 1 heterocycles. The molecule has 0 saturated carbocycles. The van der Waals surface area contributed by atoms with E-state index in [-0.39, 0.29) is 25.2 Å². The summed E-state index contributed by atoms with van der Waals surface area (Å²) in [6, 6.07) is 7.92. The van der Waals surface area contributed by atoms with E-state index in [1.165, 1.54) is 0 Å². The van der Waals surface area contributed by atoms with Gasteiger partial charge in [0.05, 0.1) is 6.10 Å². The number of rotatable bonds is 4. The van der Waals surface area contributed by atoms with Crippen molar-refractivity contribution in [3.05, 3.63) is 34.3 Å². The second kappa shape index (κ2) is 6.31. The van der Waals surface area contributed by atoms with Gasteiger partial charge in [-0.25, -0.2) is 0 Å². The summed E-state index contributed by atoms with van der Waals surface area (Å²) < 4.78 is 6.38. The van der Waals surface area contributed by atoms with Gasteiger partial charge in [-0.15, -0.1) is 0 Å². The number of hydrogen-bond donors (Lipinski definition) is 1. The van der Waals surface area contributed by atoms with Gasteiger partial charge >= 0.3 is 0 Å². The zero-order valence-electron chi connectivity index (χ0n) is 10.0. The van der Waals surface area contributed by atoms with Crippen LogP contribution in [0.5, 0.6) is 0 Å². The molecular weight excluding hydrogens is 298 g/mol. The van der Waals surface area contributed by atoms with Crippen LogP contribution in [0.2, 0.25) is 0 Å². The van der Waals surface area contributed by atoms with Crippen molar-refractivity contribution in [3.63, 3.8) is 0 Å². The Morgan fingerprint density at radius 1 is 1.39 bits per heavy atom. The summed E-state index contributed by atoms with van der Waals surface area (Å²) in [5, 5.41) is 8.90. The molecule has 0 spiro atoms. The van der Waals surface area contributed by atoms with Crippen molar-refractivity contribution in [3.8, 4) is 0 Å². The quantitative estimate of drug-likeness (QED) is 0.917. The van der Waals surface area contributed by atoms with Crippen molar-refractivity contribution in [2.75, 3.05) is 19.8 Å². The molecule has 2 rings (SSSR count). The van der Waals surface area contributed by atoms with Gasteiger partial charge in [-0.3, -0.25) is 4.79 Å². The lowest BCUT2D eigenvalue weighted by Crippen LogP contribution is -2.46. The van der Waals surface area contributed by atoms with Crippen LogP contribution in [0.25, 0.3) is 0 Å². The van der Waals surface area contributed by atoms with Crippen molar-refractivity contribution >= 4 is 21.8 Å². The summed E-state index contributed by atoms with van der Waals surface area (Å²) in [6.07, 6.45) is 0.521. The molecule has 5 heteroatoms. The van der Waals surface area contributed by atoms with E-state index in [1.807, 2.05) is 24.3 Å². The van der Waals surface area contributed by atoms with Gasteiger partial charge in [0.15, 0.2) is 0 Å². The molecule has 0 radical (unpaired) electrons. The highest BCUT2D eigenvalue weighted by molar-refractivity contribution is 9.10. The summed E-state index contributed by atoms with van der Waals surface area (Å²) in [4.78, 5) is 13.5. The largest absolute Gasteiger partial charge is 0.396 e. The number of aliphatic hydroxyl groups excluding tert-OH is 1. The fourth-order valence-electron chi connectivity index (χ4n) is 1.96. The van der Waals surface area contributed by atoms with Gasteiger partial charge in [-0.1, -0.05) is 28.1 Å². The number of ether oxygens (including phenoxy) is 1. The fourth-order valence-corrected chi connectivity index (χ4v) is 2.23. The van der Waals surface area contributed by atoms with E-state index in [0.717, 1.165) is 10.0 Å². The van der Waals surface area contributed by atoms with Gasteiger partial charge in [-0.2, -0.15) is 0 Å². The van der Waals surface area contributed by atoms with Crippen LogP contribution in [0.15, 0.2) is 28.7 Å². The Labute approximate surface area is 115 Å². The minimum atomic E-state index is -0.0526. The minimum Gasteiger partial charge on any atom is -0.396 e. The van der Waals surface area contributed by atoms with Crippen molar-refractivity contribution in [1.82, 2.24) is 4.90 Å². The lowest BCUT2D eigenvalue weighted by atomic mass is 10.1. The predicted molar refractivity (Wildman–Crippen MR) is 71.0 cm³/mol. The number of benzene rings is 1. The molecule has 18 heavy (non-hydrogen) atoms. The Morgan fingerprint density at radius 3 is 2.78 bits per heavy atom. The third-order valence-electron chi connectivity index (χ3n) is 2.96. The fraction of sp³-hybridized carbons (Fsp3) is 0.462. The van der Waals surface area contributed by atoms with Crippen LogP contribution in [-0.4, -0.2) is 41.8 Å². The van der Waals surface area contributed by atoms with E-state index in [4.69, 9.17) is 9.84 Å². The molecule has 1 atom stereocenters. The minimum absolute atomic E-state index is 0.00658. The van der Waals surface area contributed by atoms with E-state index < -0.39 is 0 Å². The number of carbonyl (C=O) groups excluding carboxylic acids is 1. The third-order valence-corrected chi connectivity index (χ3v) is 3.49. The monoisotopic (exact) mass is 313 g/mol. The molecule has 1 unspecified atom stereocenters. The second-order valence-corrected chi connectivity index (χ2v) is 5.26. The number of hydrogen-bond acceptors (Lipinski definition) is 3. The molecular formula is C13H16BrNO3. The number of aliphatic hydroxyl groups is 1. The summed E-state index contributed by atoms with van der Waals surface area (Å²) in [6.45, 7) is 1.35. The molecule has 1 aliphatic rings. The molecule has 0 bridgehead atoms. The molecule has 1 aliphatic heterocycles. The second-order valence-electron chi connectivity index (χ2n) is 4.35. The first kappa shape index (κ1) is 13.5. The molecule has 1 N–H and O–H groups in total. The summed E-state index contributed by atoms with van der Waals surface area (Å²) >= 11 is 3.38. The first-order valence-corrected chi connectivity index (χ1v) is 6.73. The smallest absolute Gasteiger partial charge is 0.248 e. The van der Waals surface area contributed by atoms with Crippen molar-refractivity contribution in [2.24, 2.45) is 0 Å². The molecule has 1 aromatic rings. The lowest BCUT2D eigenvalue weighted by molar-refractivity contribution is -0.150. The maximum atomic E-state index is 11.7. The van der Waals surface area contributed by atoms with Gasteiger partial charge in [-0.05, 0) is 24.1 Å². The van der Waals surface area contributed by atoms with Gasteiger partial charge < -0.3 is 14.7 Å². The highest BCUT2D eigenvalue weighted by Crippen LogP contribution is 2.15. The van der Waals surface area contributed by atoms with Crippen LogP contribution in [0.3, 0.4) is 0 Å². The Morgan fingerprint density at radius 2 is 2.11 bits per heavy atom. The summed E-state index contributed by atoms with van der Waals surface area (Å²) in [5.41, 5.74) is 1.09.